The predicted molar refractivity (Wildman–Crippen MR) is 348 cm³/mol. The summed E-state index contributed by atoms with van der Waals surface area (Å²) in [5.74, 6) is 0. The van der Waals surface area contributed by atoms with E-state index in [4.69, 9.17) is 0 Å². The Morgan fingerprint density at radius 3 is 0.817 bits per heavy atom. The van der Waals surface area contributed by atoms with Crippen molar-refractivity contribution in [1.82, 2.24) is 0 Å². The number of rotatable bonds is 8. The number of hydrogen-bond acceptors (Lipinski definition) is 2. The van der Waals surface area contributed by atoms with Crippen LogP contribution in [0.3, 0.4) is 0 Å². The van der Waals surface area contributed by atoms with Crippen molar-refractivity contribution in [2.75, 3.05) is 9.80 Å². The van der Waals surface area contributed by atoms with E-state index in [1.807, 2.05) is 0 Å². The molecule has 0 spiro atoms. The normalized spacial score (nSPS) is 13.8. The van der Waals surface area contributed by atoms with E-state index in [1.54, 1.807) is 0 Å². The first-order valence-electron chi connectivity index (χ1n) is 28.7. The maximum Gasteiger partial charge on any atom is 0.0502 e. The Balaban J connectivity index is 1.01. The minimum Gasteiger partial charge on any atom is -0.310 e. The van der Waals surface area contributed by atoms with Gasteiger partial charge in [0.2, 0.25) is 0 Å². The van der Waals surface area contributed by atoms with Crippen LogP contribution in [0.5, 0.6) is 0 Å². The third-order valence-electron chi connectivity index (χ3n) is 17.8. The fraction of sp³-hybridized carbons (Fsp3) is 0.0750. The van der Waals surface area contributed by atoms with Gasteiger partial charge in [0.15, 0.2) is 0 Å². The molecule has 0 atom stereocenters. The van der Waals surface area contributed by atoms with E-state index >= 15 is 0 Å². The summed E-state index contributed by atoms with van der Waals surface area (Å²) >= 11 is 0. The Bertz CT molecular complexity index is 4210. The van der Waals surface area contributed by atoms with Gasteiger partial charge in [-0.05, 0) is 171 Å². The van der Waals surface area contributed by atoms with Crippen molar-refractivity contribution in [3.8, 4) is 66.8 Å². The lowest BCUT2D eigenvalue weighted by atomic mass is 9.73. The van der Waals surface area contributed by atoms with Crippen molar-refractivity contribution in [3.05, 3.63) is 313 Å². The average molecular weight is 1050 g/mol. The molecule has 2 aliphatic rings. The topological polar surface area (TPSA) is 6.48 Å². The van der Waals surface area contributed by atoms with Crippen molar-refractivity contribution in [1.29, 1.82) is 0 Å². The molecular weight excluding hydrogens is 989 g/mol. The lowest BCUT2D eigenvalue weighted by molar-refractivity contribution is 0.632. The van der Waals surface area contributed by atoms with Crippen molar-refractivity contribution in [2.45, 2.75) is 38.5 Å². The van der Waals surface area contributed by atoms with Crippen LogP contribution in [-0.2, 0) is 10.8 Å². The minimum atomic E-state index is -0.190. The highest BCUT2D eigenvalue weighted by atomic mass is 15.2. The van der Waals surface area contributed by atoms with Gasteiger partial charge >= 0.3 is 0 Å². The number of para-hydroxylation sites is 4. The molecule has 13 aromatic carbocycles. The van der Waals surface area contributed by atoms with Gasteiger partial charge in [-0.1, -0.05) is 258 Å². The molecule has 0 fully saturated rings. The molecule has 2 nitrogen and oxygen atoms in total. The van der Waals surface area contributed by atoms with E-state index in [0.717, 1.165) is 11.4 Å². The van der Waals surface area contributed by atoms with Crippen LogP contribution in [0.1, 0.15) is 49.9 Å². The van der Waals surface area contributed by atoms with Crippen molar-refractivity contribution in [3.63, 3.8) is 0 Å². The first-order valence-corrected chi connectivity index (χ1v) is 28.7. The molecule has 0 saturated carbocycles. The monoisotopic (exact) mass is 1050 g/mol. The first-order chi connectivity index (χ1) is 40.2. The number of fused-ring (bicyclic) bond motifs is 6. The smallest absolute Gasteiger partial charge is 0.0502 e. The quantitative estimate of drug-likeness (QED) is 0.140. The van der Waals surface area contributed by atoms with Gasteiger partial charge in [-0.15, -0.1) is 0 Å². The van der Waals surface area contributed by atoms with Crippen molar-refractivity contribution in [2.24, 2.45) is 0 Å². The summed E-state index contributed by atoms with van der Waals surface area (Å²) < 4.78 is 0. The molecule has 82 heavy (non-hydrogen) atoms. The summed E-state index contributed by atoms with van der Waals surface area (Å²) in [5.41, 5.74) is 26.2. The summed E-state index contributed by atoms with van der Waals surface area (Å²) in [6, 6.07) is 108. The molecule has 2 aliphatic heterocycles. The molecule has 15 rings (SSSR count). The molecule has 0 aromatic heterocycles. The number of benzene rings is 13. The molecule has 0 saturated heterocycles. The largest absolute Gasteiger partial charge is 0.310 e. The maximum atomic E-state index is 2.50. The second-order valence-corrected chi connectivity index (χ2v) is 23.2. The zero-order chi connectivity index (χ0) is 55.1. The molecule has 0 N–H and O–H groups in total. The molecule has 0 radical (unpaired) electrons. The lowest BCUT2D eigenvalue weighted by Crippen LogP contribution is -2.30. The van der Waals surface area contributed by atoms with E-state index in [-0.39, 0.29) is 10.8 Å². The van der Waals surface area contributed by atoms with E-state index in [2.05, 4.69) is 329 Å². The fourth-order valence-corrected chi connectivity index (χ4v) is 13.7. The van der Waals surface area contributed by atoms with E-state index < -0.39 is 0 Å². The van der Waals surface area contributed by atoms with E-state index in [0.29, 0.717) is 0 Å². The first kappa shape index (κ1) is 49.1. The predicted octanol–water partition coefficient (Wildman–Crippen LogP) is 22.2. The van der Waals surface area contributed by atoms with E-state index in [9.17, 15) is 0 Å². The molecule has 13 aromatic rings. The van der Waals surface area contributed by atoms with Crippen LogP contribution in [0.4, 0.5) is 34.1 Å². The van der Waals surface area contributed by atoms with Gasteiger partial charge in [0.25, 0.3) is 0 Å². The number of hydrogen-bond donors (Lipinski definition) is 0. The highest BCUT2D eigenvalue weighted by Gasteiger charge is 2.38. The SMILES string of the molecule is CC1(C)c2ccccc2N(c2ccc3c(-c4cccc(-c5ccc(-c6ccccc6)cc5)c4)c4cc(N5c6ccccc6C(C)(C)c6ccccc65)ccc4c(-c4cccc(-c5ccc(-c6ccccc6)cc5)c4)c3c2)c2ccccc21. The van der Waals surface area contributed by atoms with Crippen LogP contribution >= 0.6 is 0 Å². The molecule has 2 heteroatoms. The van der Waals surface area contributed by atoms with Crippen LogP contribution in [0.15, 0.2) is 291 Å². The Morgan fingerprint density at radius 2 is 0.476 bits per heavy atom. The standard InChI is InChI=1S/C80H60N2/c1-79(2)69-29-11-15-33-73(69)81(74-34-16-12-30-70(74)79)63-45-47-65-67(51-63)77(61-27-19-25-59(49-61)57-41-37-55(38-42-57)53-21-7-5-8-22-53)66-48-46-64(82-75-35-17-13-31-71(75)80(3,4)72-32-14-18-36-76(72)82)52-68(66)78(65)62-28-20-26-60(50-62)58-43-39-56(40-44-58)54-23-9-6-10-24-54/h5-52H,1-4H3. The molecule has 0 unspecified atom stereocenters. The second-order valence-electron chi connectivity index (χ2n) is 23.2. The summed E-state index contributed by atoms with van der Waals surface area (Å²) in [7, 11) is 0. The molecule has 0 amide bonds. The molecular formula is C80H60N2. The molecule has 0 aliphatic carbocycles. The van der Waals surface area contributed by atoms with Gasteiger partial charge in [-0.3, -0.25) is 0 Å². The Hall–Kier alpha value is -10.0. The zero-order valence-corrected chi connectivity index (χ0v) is 46.6. The van der Waals surface area contributed by atoms with Gasteiger partial charge in [0, 0.05) is 22.2 Å². The summed E-state index contributed by atoms with van der Waals surface area (Å²) in [4.78, 5) is 5.01. The molecule has 2 heterocycles. The summed E-state index contributed by atoms with van der Waals surface area (Å²) in [6.45, 7) is 9.46. The van der Waals surface area contributed by atoms with Crippen molar-refractivity contribution < 1.29 is 0 Å². The zero-order valence-electron chi connectivity index (χ0n) is 46.6. The summed E-state index contributed by atoms with van der Waals surface area (Å²) in [6.07, 6.45) is 0. The third kappa shape index (κ3) is 8.00. The van der Waals surface area contributed by atoms with Crippen LogP contribution < -0.4 is 9.80 Å². The number of anilines is 6. The van der Waals surface area contributed by atoms with Gasteiger partial charge < -0.3 is 9.80 Å². The van der Waals surface area contributed by atoms with Crippen LogP contribution in [0, 0.1) is 0 Å². The van der Waals surface area contributed by atoms with E-state index in [1.165, 1.54) is 133 Å². The van der Waals surface area contributed by atoms with Crippen LogP contribution in [0.25, 0.3) is 88.3 Å². The highest BCUT2D eigenvalue weighted by Crippen LogP contribution is 2.56. The fourth-order valence-electron chi connectivity index (χ4n) is 13.7. The highest BCUT2D eigenvalue weighted by molar-refractivity contribution is 6.23. The van der Waals surface area contributed by atoms with Gasteiger partial charge in [0.05, 0.1) is 22.7 Å². The Labute approximate surface area is 481 Å². The molecule has 0 bridgehead atoms. The number of nitrogens with zero attached hydrogens (tertiary/aromatic N) is 2. The maximum absolute atomic E-state index is 2.50. The van der Waals surface area contributed by atoms with Crippen molar-refractivity contribution >= 4 is 55.7 Å². The van der Waals surface area contributed by atoms with Crippen LogP contribution in [0.2, 0.25) is 0 Å². The average Bonchev–Trinajstić information content (AvgIpc) is 1.84. The van der Waals surface area contributed by atoms with Crippen LogP contribution in [-0.4, -0.2) is 0 Å². The Kier molecular flexibility index (Phi) is 11.6. The minimum absolute atomic E-state index is 0.190. The lowest BCUT2D eigenvalue weighted by Gasteiger charge is -2.42. The third-order valence-corrected chi connectivity index (χ3v) is 17.8. The van der Waals surface area contributed by atoms with Gasteiger partial charge in [-0.2, -0.15) is 0 Å². The van der Waals surface area contributed by atoms with Gasteiger partial charge in [0.1, 0.15) is 0 Å². The van der Waals surface area contributed by atoms with Gasteiger partial charge in [-0.25, -0.2) is 0 Å². The summed E-state index contributed by atoms with van der Waals surface area (Å²) in [5, 5.41) is 4.77. The second kappa shape index (κ2) is 19.4. The molecule has 390 valence electrons. The Morgan fingerprint density at radius 1 is 0.207 bits per heavy atom.